The fourth-order valence-corrected chi connectivity index (χ4v) is 4.40. The number of rotatable bonds is 2. The molecular weight excluding hydrogens is 306 g/mol. The molecule has 2 aromatic heterocycles. The molecule has 2 heterocycles. The van der Waals surface area contributed by atoms with Crippen LogP contribution in [0.25, 0.3) is 5.65 Å². The summed E-state index contributed by atoms with van der Waals surface area (Å²) in [4.78, 5) is 0. The lowest BCUT2D eigenvalue weighted by atomic mass is 9.83. The van der Waals surface area contributed by atoms with Crippen LogP contribution in [-0.4, -0.2) is 27.3 Å². The third kappa shape index (κ3) is 1.48. The number of hydrogen-bond donors (Lipinski definition) is 0. The molecule has 4 rings (SSSR count). The number of methoxy groups -OCH3 is 1. The molecule has 0 unspecified atom stereocenters. The van der Waals surface area contributed by atoms with Gasteiger partial charge in [-0.1, -0.05) is 0 Å². The number of halogens is 1. The van der Waals surface area contributed by atoms with Gasteiger partial charge in [-0.25, -0.2) is 0 Å². The van der Waals surface area contributed by atoms with Gasteiger partial charge in [-0.15, -0.1) is 10.2 Å². The summed E-state index contributed by atoms with van der Waals surface area (Å²) in [6, 6.07) is 4.04. The van der Waals surface area contributed by atoms with Gasteiger partial charge < -0.3 is 4.74 Å². The molecule has 2 aliphatic carbocycles. The van der Waals surface area contributed by atoms with Crippen molar-refractivity contribution in [2.24, 2.45) is 0 Å². The smallest absolute Gasteiger partial charge is 0.175 e. The van der Waals surface area contributed by atoms with E-state index in [-0.39, 0.29) is 11.0 Å². The highest BCUT2D eigenvalue weighted by atomic mass is 79.9. The van der Waals surface area contributed by atoms with Gasteiger partial charge in [-0.05, 0) is 60.2 Å². The zero-order valence-electron chi connectivity index (χ0n) is 10.9. The van der Waals surface area contributed by atoms with E-state index in [1.807, 2.05) is 19.2 Å². The Morgan fingerprint density at radius 3 is 2.74 bits per heavy atom. The molecule has 5 heteroatoms. The second-order valence-electron chi connectivity index (χ2n) is 5.92. The van der Waals surface area contributed by atoms with E-state index in [2.05, 4.69) is 36.7 Å². The van der Waals surface area contributed by atoms with Crippen molar-refractivity contribution < 1.29 is 4.74 Å². The Morgan fingerprint density at radius 1 is 1.26 bits per heavy atom. The predicted octanol–water partition coefficient (Wildman–Crippen LogP) is 3.09. The lowest BCUT2D eigenvalue weighted by Crippen LogP contribution is -2.24. The van der Waals surface area contributed by atoms with Gasteiger partial charge in [0.2, 0.25) is 0 Å². The zero-order chi connectivity index (χ0) is 13.1. The van der Waals surface area contributed by atoms with E-state index in [1.165, 1.54) is 0 Å². The summed E-state index contributed by atoms with van der Waals surface area (Å²) in [6.45, 7) is 0. The maximum absolute atomic E-state index is 5.78. The molecule has 4 nitrogen and oxygen atoms in total. The summed E-state index contributed by atoms with van der Waals surface area (Å²) in [6.07, 6.45) is 7.76. The van der Waals surface area contributed by atoms with Crippen LogP contribution in [0.4, 0.5) is 0 Å². The molecule has 0 atom stereocenters. The van der Waals surface area contributed by atoms with Crippen LogP contribution in [0.2, 0.25) is 0 Å². The maximum Gasteiger partial charge on any atom is 0.175 e. The zero-order valence-corrected chi connectivity index (χ0v) is 12.5. The standard InChI is InChI=1S/C14H16BrN3O/c1-19-14-6-4-13(9-14,5-7-14)12-17-16-11-10(15)3-2-8-18(11)12/h2-3,8H,4-7,9H2,1H3. The molecule has 0 spiro atoms. The summed E-state index contributed by atoms with van der Waals surface area (Å²) < 4.78 is 8.92. The first kappa shape index (κ1) is 11.9. The Kier molecular flexibility index (Phi) is 2.37. The molecule has 19 heavy (non-hydrogen) atoms. The van der Waals surface area contributed by atoms with Crippen molar-refractivity contribution in [3.05, 3.63) is 28.6 Å². The predicted molar refractivity (Wildman–Crippen MR) is 75.2 cm³/mol. The van der Waals surface area contributed by atoms with E-state index in [1.54, 1.807) is 0 Å². The van der Waals surface area contributed by atoms with Gasteiger partial charge in [-0.2, -0.15) is 0 Å². The van der Waals surface area contributed by atoms with Gasteiger partial charge in [0.15, 0.2) is 5.65 Å². The number of aromatic nitrogens is 3. The maximum atomic E-state index is 5.78. The Morgan fingerprint density at radius 2 is 2.05 bits per heavy atom. The number of nitrogens with zero attached hydrogens (tertiary/aromatic N) is 3. The van der Waals surface area contributed by atoms with Crippen molar-refractivity contribution >= 4 is 21.6 Å². The second-order valence-corrected chi connectivity index (χ2v) is 6.77. The van der Waals surface area contributed by atoms with Crippen LogP contribution in [0.5, 0.6) is 0 Å². The van der Waals surface area contributed by atoms with Gasteiger partial charge in [0.05, 0.1) is 10.1 Å². The van der Waals surface area contributed by atoms with Crippen LogP contribution < -0.4 is 0 Å². The minimum Gasteiger partial charge on any atom is -0.378 e. The SMILES string of the molecule is COC12CCC(c3nnc4c(Br)cccn34)(CC1)C2. The van der Waals surface area contributed by atoms with E-state index in [9.17, 15) is 0 Å². The molecule has 2 bridgehead atoms. The van der Waals surface area contributed by atoms with Crippen molar-refractivity contribution in [3.63, 3.8) is 0 Å². The third-order valence-corrected chi connectivity index (χ3v) is 5.69. The molecule has 0 amide bonds. The van der Waals surface area contributed by atoms with E-state index in [0.717, 1.165) is 48.0 Å². The van der Waals surface area contributed by atoms with Crippen molar-refractivity contribution in [1.29, 1.82) is 0 Å². The normalized spacial score (nSPS) is 33.4. The monoisotopic (exact) mass is 321 g/mol. The summed E-state index contributed by atoms with van der Waals surface area (Å²) in [5.74, 6) is 1.11. The van der Waals surface area contributed by atoms with E-state index in [4.69, 9.17) is 4.74 Å². The molecule has 0 N–H and O–H groups in total. The van der Waals surface area contributed by atoms with Crippen molar-refractivity contribution in [2.45, 2.75) is 43.1 Å². The lowest BCUT2D eigenvalue weighted by molar-refractivity contribution is -0.000309. The highest BCUT2D eigenvalue weighted by molar-refractivity contribution is 9.10. The lowest BCUT2D eigenvalue weighted by Gasteiger charge is -2.25. The summed E-state index contributed by atoms with van der Waals surface area (Å²) in [7, 11) is 1.85. The Labute approximate surface area is 120 Å². The van der Waals surface area contributed by atoms with Crippen LogP contribution in [-0.2, 0) is 10.2 Å². The Balaban J connectivity index is 1.86. The van der Waals surface area contributed by atoms with Gasteiger partial charge >= 0.3 is 0 Å². The van der Waals surface area contributed by atoms with Gasteiger partial charge in [-0.3, -0.25) is 4.40 Å². The van der Waals surface area contributed by atoms with Crippen LogP contribution >= 0.6 is 15.9 Å². The van der Waals surface area contributed by atoms with E-state index < -0.39 is 0 Å². The highest BCUT2D eigenvalue weighted by Crippen LogP contribution is 2.58. The molecule has 0 saturated heterocycles. The fourth-order valence-electron chi connectivity index (χ4n) is 3.98. The molecule has 2 fully saturated rings. The third-order valence-electron chi connectivity index (χ3n) is 5.07. The molecule has 0 radical (unpaired) electrons. The molecule has 100 valence electrons. The highest BCUT2D eigenvalue weighted by Gasteiger charge is 2.57. The minimum atomic E-state index is 0.0951. The van der Waals surface area contributed by atoms with Crippen molar-refractivity contribution in [1.82, 2.24) is 14.6 Å². The summed E-state index contributed by atoms with van der Waals surface area (Å²) in [5.41, 5.74) is 1.17. The largest absolute Gasteiger partial charge is 0.378 e. The van der Waals surface area contributed by atoms with E-state index >= 15 is 0 Å². The molecule has 2 aromatic rings. The van der Waals surface area contributed by atoms with Gasteiger partial charge in [0.25, 0.3) is 0 Å². The first-order valence-corrected chi connectivity index (χ1v) is 7.52. The number of ether oxygens (including phenoxy) is 1. The molecule has 2 saturated carbocycles. The summed E-state index contributed by atoms with van der Waals surface area (Å²) >= 11 is 3.54. The van der Waals surface area contributed by atoms with Crippen LogP contribution in [0.1, 0.15) is 37.9 Å². The molecule has 2 aliphatic rings. The second kappa shape index (κ2) is 3.79. The molecule has 0 aromatic carbocycles. The first-order chi connectivity index (χ1) is 9.18. The minimum absolute atomic E-state index is 0.0951. The average Bonchev–Trinajstić information content (AvgIpc) is 3.11. The fraction of sp³-hybridized carbons (Fsp3) is 0.571. The number of hydrogen-bond acceptors (Lipinski definition) is 3. The van der Waals surface area contributed by atoms with Gasteiger partial charge in [0, 0.05) is 18.7 Å². The van der Waals surface area contributed by atoms with Crippen molar-refractivity contribution in [3.8, 4) is 0 Å². The molecule has 0 aliphatic heterocycles. The van der Waals surface area contributed by atoms with E-state index in [0.29, 0.717) is 0 Å². The van der Waals surface area contributed by atoms with Gasteiger partial charge in [0.1, 0.15) is 5.82 Å². The molecular formula is C14H16BrN3O. The quantitative estimate of drug-likeness (QED) is 0.853. The number of pyridine rings is 1. The first-order valence-electron chi connectivity index (χ1n) is 6.73. The van der Waals surface area contributed by atoms with Crippen LogP contribution in [0, 0.1) is 0 Å². The van der Waals surface area contributed by atoms with Crippen LogP contribution in [0.3, 0.4) is 0 Å². The Hall–Kier alpha value is -0.940. The summed E-state index contributed by atoms with van der Waals surface area (Å²) in [5, 5.41) is 8.85. The topological polar surface area (TPSA) is 39.4 Å². The average molecular weight is 322 g/mol. The van der Waals surface area contributed by atoms with Crippen molar-refractivity contribution in [2.75, 3.05) is 7.11 Å². The number of fused-ring (bicyclic) bond motifs is 3. The van der Waals surface area contributed by atoms with Crippen LogP contribution in [0.15, 0.2) is 22.8 Å². The Bertz CT molecular complexity index is 643.